The molecule has 0 unspecified atom stereocenters. The summed E-state index contributed by atoms with van der Waals surface area (Å²) in [4.78, 5) is 73.2. The number of aromatic amines is 1. The number of methoxy groups -OCH3 is 1. The summed E-state index contributed by atoms with van der Waals surface area (Å²) in [5.74, 6) is -1.15. The molecule has 2 aliphatic rings. The van der Waals surface area contributed by atoms with Crippen LogP contribution in [0.3, 0.4) is 0 Å². The zero-order chi connectivity index (χ0) is 27.8. The predicted molar refractivity (Wildman–Crippen MR) is 146 cm³/mol. The molecule has 0 aromatic carbocycles. The summed E-state index contributed by atoms with van der Waals surface area (Å²) < 4.78 is 5.50. The van der Waals surface area contributed by atoms with Gasteiger partial charge in [-0.3, -0.25) is 29.1 Å². The predicted octanol–water partition coefficient (Wildman–Crippen LogP) is 2.38. The summed E-state index contributed by atoms with van der Waals surface area (Å²) in [6.07, 6.45) is 7.51. The summed E-state index contributed by atoms with van der Waals surface area (Å²) in [6.45, 7) is 1.69. The Morgan fingerprint density at radius 3 is 2.50 bits per heavy atom. The molecule has 0 bridgehead atoms. The molecule has 0 spiro atoms. The van der Waals surface area contributed by atoms with Gasteiger partial charge in [-0.15, -0.1) is 0 Å². The van der Waals surface area contributed by atoms with Gasteiger partial charge in [0.25, 0.3) is 17.6 Å². The first-order valence-electron chi connectivity index (χ1n) is 12.8. The topological polar surface area (TPSA) is 142 Å². The van der Waals surface area contributed by atoms with Gasteiger partial charge < -0.3 is 19.5 Å². The number of nitrogens with zero attached hydrogens (tertiary/aromatic N) is 6. The molecule has 0 aliphatic carbocycles. The average molecular weight is 560 g/mol. The summed E-state index contributed by atoms with van der Waals surface area (Å²) in [7, 11) is 1.47. The number of pyridine rings is 2. The Morgan fingerprint density at radius 2 is 1.80 bits per heavy atom. The number of thiazole rings is 1. The highest BCUT2D eigenvalue weighted by Crippen LogP contribution is 2.39. The lowest BCUT2D eigenvalue weighted by Crippen LogP contribution is -2.52. The van der Waals surface area contributed by atoms with Crippen LogP contribution >= 0.6 is 11.3 Å². The van der Waals surface area contributed by atoms with Crippen LogP contribution in [0.1, 0.15) is 33.7 Å². The number of hydrogen-bond donors (Lipinski definition) is 1. The third kappa shape index (κ3) is 4.47. The van der Waals surface area contributed by atoms with Gasteiger partial charge in [-0.25, -0.2) is 9.97 Å². The van der Waals surface area contributed by atoms with Crippen LogP contribution in [0.2, 0.25) is 0 Å². The zero-order valence-electron chi connectivity index (χ0n) is 21.6. The van der Waals surface area contributed by atoms with Gasteiger partial charge in [-0.05, 0) is 18.6 Å². The number of hydrogen-bond acceptors (Lipinski definition) is 9. The summed E-state index contributed by atoms with van der Waals surface area (Å²) in [5.41, 5.74) is 1.59. The second kappa shape index (κ2) is 10.5. The van der Waals surface area contributed by atoms with Gasteiger partial charge in [0.1, 0.15) is 17.1 Å². The van der Waals surface area contributed by atoms with Gasteiger partial charge in [-0.2, -0.15) is 0 Å². The Kier molecular flexibility index (Phi) is 6.72. The normalized spacial score (nSPS) is 15.6. The minimum absolute atomic E-state index is 0.0435. The number of nitrogens with one attached hydrogen (secondary N) is 1. The number of ether oxygens (including phenoxy) is 1. The Hall–Kier alpha value is -4.65. The minimum Gasteiger partial charge on any atom is -0.494 e. The number of carbonyl (C=O) groups excluding carboxylic acids is 4. The number of aromatic nitrogens is 4. The Balaban J connectivity index is 1.23. The number of fused-ring (bicyclic) bond motifs is 1. The van der Waals surface area contributed by atoms with E-state index < -0.39 is 11.7 Å². The first-order chi connectivity index (χ1) is 19.5. The summed E-state index contributed by atoms with van der Waals surface area (Å²) in [6, 6.07) is 5.14. The molecule has 0 saturated carbocycles. The van der Waals surface area contributed by atoms with Gasteiger partial charge in [0.05, 0.1) is 34.7 Å². The molecule has 4 aromatic rings. The van der Waals surface area contributed by atoms with E-state index in [1.807, 2.05) is 0 Å². The van der Waals surface area contributed by atoms with Crippen molar-refractivity contribution in [2.45, 2.75) is 12.8 Å². The monoisotopic (exact) mass is 559 g/mol. The van der Waals surface area contributed by atoms with E-state index in [-0.39, 0.29) is 30.5 Å². The van der Waals surface area contributed by atoms with Crippen molar-refractivity contribution in [3.05, 3.63) is 54.2 Å². The van der Waals surface area contributed by atoms with E-state index in [4.69, 9.17) is 4.74 Å². The van der Waals surface area contributed by atoms with E-state index in [2.05, 4.69) is 19.9 Å². The SMILES string of the molecule is COc1cnc(-c2cnc(N3CCCC3=O)s2)c2[nH]cc(C(=O)C(=O)N3CCN(C(=O)c4ccccn4)CC3)c12. The maximum absolute atomic E-state index is 13.5. The third-order valence-corrected chi connectivity index (χ3v) is 8.13. The largest absolute Gasteiger partial charge is 0.494 e. The molecule has 0 atom stereocenters. The quantitative estimate of drug-likeness (QED) is 0.280. The fourth-order valence-corrected chi connectivity index (χ4v) is 5.97. The lowest BCUT2D eigenvalue weighted by atomic mass is 10.1. The first kappa shape index (κ1) is 25.6. The molecule has 12 nitrogen and oxygen atoms in total. The number of anilines is 1. The van der Waals surface area contributed by atoms with Crippen molar-refractivity contribution in [2.24, 2.45) is 0 Å². The van der Waals surface area contributed by atoms with Crippen LogP contribution < -0.4 is 9.64 Å². The van der Waals surface area contributed by atoms with E-state index in [1.54, 1.807) is 40.4 Å². The molecule has 2 aliphatic heterocycles. The first-order valence-corrected chi connectivity index (χ1v) is 13.6. The molecular weight excluding hydrogens is 534 g/mol. The number of amides is 3. The van der Waals surface area contributed by atoms with Crippen LogP contribution in [0.4, 0.5) is 5.13 Å². The molecule has 6 heterocycles. The number of carbonyl (C=O) groups is 4. The minimum atomic E-state index is -0.682. The van der Waals surface area contributed by atoms with Crippen LogP contribution in [0.5, 0.6) is 5.75 Å². The van der Waals surface area contributed by atoms with Gasteiger partial charge in [0.2, 0.25) is 5.91 Å². The van der Waals surface area contributed by atoms with E-state index >= 15 is 0 Å². The van der Waals surface area contributed by atoms with Crippen LogP contribution in [-0.4, -0.2) is 93.1 Å². The molecule has 2 fully saturated rings. The van der Waals surface area contributed by atoms with Crippen LogP contribution in [0.25, 0.3) is 21.5 Å². The van der Waals surface area contributed by atoms with Crippen molar-refractivity contribution in [1.29, 1.82) is 0 Å². The average Bonchev–Trinajstić information content (AvgIpc) is 3.76. The van der Waals surface area contributed by atoms with Gasteiger partial charge in [0.15, 0.2) is 5.13 Å². The van der Waals surface area contributed by atoms with Crippen LogP contribution in [0, 0.1) is 0 Å². The Labute approximate surface area is 232 Å². The van der Waals surface area contributed by atoms with Crippen molar-refractivity contribution >= 4 is 50.9 Å². The summed E-state index contributed by atoms with van der Waals surface area (Å²) in [5, 5.41) is 1.05. The second-order valence-corrected chi connectivity index (χ2v) is 10.4. The molecule has 6 rings (SSSR count). The third-order valence-electron chi connectivity index (χ3n) is 7.10. The molecule has 40 heavy (non-hydrogen) atoms. The van der Waals surface area contributed by atoms with Crippen LogP contribution in [-0.2, 0) is 9.59 Å². The highest BCUT2D eigenvalue weighted by Gasteiger charge is 2.32. The molecule has 2 saturated heterocycles. The summed E-state index contributed by atoms with van der Waals surface area (Å²) >= 11 is 1.34. The fraction of sp³-hybridized carbons (Fsp3) is 0.296. The second-order valence-electron chi connectivity index (χ2n) is 9.41. The standard InChI is InChI=1S/C27H25N7O5S/c1-39-18-14-30-22(19-15-31-27(40-19)34-8-4-6-20(34)35)23-21(18)16(13-29-23)24(36)26(38)33-11-9-32(10-12-33)25(37)17-5-2-3-7-28-17/h2-3,5,7,13-15,29H,4,6,8-12H2,1H3. The number of ketones is 1. The number of piperazine rings is 1. The molecule has 0 radical (unpaired) electrons. The molecule has 204 valence electrons. The highest BCUT2D eigenvalue weighted by molar-refractivity contribution is 7.19. The van der Waals surface area contributed by atoms with Gasteiger partial charge >= 0.3 is 0 Å². The van der Waals surface area contributed by atoms with Gasteiger partial charge in [0, 0.05) is 57.7 Å². The van der Waals surface area contributed by atoms with Crippen molar-refractivity contribution < 1.29 is 23.9 Å². The van der Waals surface area contributed by atoms with E-state index in [9.17, 15) is 19.2 Å². The van der Waals surface area contributed by atoms with Crippen molar-refractivity contribution in [3.63, 3.8) is 0 Å². The molecular formula is C27H25N7O5S. The van der Waals surface area contributed by atoms with Crippen LogP contribution in [0.15, 0.2) is 43.0 Å². The van der Waals surface area contributed by atoms with E-state index in [0.29, 0.717) is 64.1 Å². The number of Topliss-reactive ketones (excluding diaryl/α,β-unsaturated/α-hetero) is 1. The molecule has 3 amide bonds. The lowest BCUT2D eigenvalue weighted by Gasteiger charge is -2.34. The Bertz CT molecular complexity index is 1620. The molecule has 1 N–H and O–H groups in total. The Morgan fingerprint density at radius 1 is 1.00 bits per heavy atom. The lowest BCUT2D eigenvalue weighted by molar-refractivity contribution is -0.127. The molecule has 4 aromatic heterocycles. The maximum atomic E-state index is 13.5. The van der Waals surface area contributed by atoms with Crippen molar-refractivity contribution in [3.8, 4) is 16.3 Å². The smallest absolute Gasteiger partial charge is 0.295 e. The van der Waals surface area contributed by atoms with Crippen molar-refractivity contribution in [2.75, 3.05) is 44.7 Å². The molecule has 13 heteroatoms. The van der Waals surface area contributed by atoms with E-state index in [1.165, 1.54) is 35.7 Å². The number of H-pyrrole nitrogens is 1. The van der Waals surface area contributed by atoms with Gasteiger partial charge in [-0.1, -0.05) is 17.4 Å². The maximum Gasteiger partial charge on any atom is 0.295 e. The zero-order valence-corrected chi connectivity index (χ0v) is 22.4. The van der Waals surface area contributed by atoms with E-state index in [0.717, 1.165) is 6.42 Å². The fourth-order valence-electron chi connectivity index (χ4n) is 5.01. The highest BCUT2D eigenvalue weighted by atomic mass is 32.1. The number of rotatable bonds is 6. The van der Waals surface area contributed by atoms with Crippen molar-refractivity contribution in [1.82, 2.24) is 29.7 Å².